The lowest BCUT2D eigenvalue weighted by molar-refractivity contribution is 0.479. The van der Waals surface area contributed by atoms with E-state index >= 15 is 0 Å². The average Bonchev–Trinajstić information content (AvgIpc) is 3.38. The first kappa shape index (κ1) is 16.0. The highest BCUT2D eigenvalue weighted by molar-refractivity contribution is 5.67. The number of piperidine rings is 1. The van der Waals surface area contributed by atoms with E-state index in [4.69, 9.17) is 4.98 Å². The number of nitrogens with one attached hydrogen (secondary N) is 3. The molecular weight excluding hydrogens is 340 g/mol. The third-order valence-corrected chi connectivity index (χ3v) is 4.90. The third-order valence-electron chi connectivity index (χ3n) is 4.90. The SMILES string of the molecule is c1cc(N[C@H]2CCCNC2)nc(-c2cnc3cc(-c4cnn[nH]4)ccn23)c1. The highest BCUT2D eigenvalue weighted by Crippen LogP contribution is 2.24. The van der Waals surface area contributed by atoms with Gasteiger partial charge in [0.15, 0.2) is 0 Å². The molecule has 4 aromatic rings. The lowest BCUT2D eigenvalue weighted by Crippen LogP contribution is -2.38. The van der Waals surface area contributed by atoms with E-state index in [-0.39, 0.29) is 0 Å². The van der Waals surface area contributed by atoms with Crippen LogP contribution in [0.1, 0.15) is 12.8 Å². The summed E-state index contributed by atoms with van der Waals surface area (Å²) in [7, 11) is 0. The molecule has 1 aliphatic rings. The van der Waals surface area contributed by atoms with Gasteiger partial charge >= 0.3 is 0 Å². The van der Waals surface area contributed by atoms with Crippen molar-refractivity contribution in [3.8, 4) is 22.6 Å². The molecular formula is C19H20N8. The molecule has 5 heterocycles. The van der Waals surface area contributed by atoms with Crippen LogP contribution in [0.15, 0.2) is 48.9 Å². The van der Waals surface area contributed by atoms with Gasteiger partial charge in [0.05, 0.1) is 29.5 Å². The first-order valence-electron chi connectivity index (χ1n) is 9.15. The number of nitrogens with zero attached hydrogens (tertiary/aromatic N) is 5. The van der Waals surface area contributed by atoms with Crippen LogP contribution in [-0.2, 0) is 0 Å². The summed E-state index contributed by atoms with van der Waals surface area (Å²) in [5, 5.41) is 17.4. The first-order chi connectivity index (χ1) is 13.4. The molecule has 8 nitrogen and oxygen atoms in total. The molecule has 27 heavy (non-hydrogen) atoms. The summed E-state index contributed by atoms with van der Waals surface area (Å²) in [6, 6.07) is 10.5. The molecule has 1 saturated heterocycles. The van der Waals surface area contributed by atoms with Crippen LogP contribution < -0.4 is 10.6 Å². The minimum Gasteiger partial charge on any atom is -0.366 e. The zero-order valence-corrected chi connectivity index (χ0v) is 14.8. The van der Waals surface area contributed by atoms with E-state index in [0.717, 1.165) is 47.2 Å². The van der Waals surface area contributed by atoms with Crippen LogP contribution in [-0.4, -0.2) is 48.9 Å². The van der Waals surface area contributed by atoms with E-state index < -0.39 is 0 Å². The molecule has 0 saturated carbocycles. The number of anilines is 1. The molecule has 0 aromatic carbocycles. The number of aromatic nitrogens is 6. The van der Waals surface area contributed by atoms with E-state index in [1.807, 2.05) is 47.1 Å². The van der Waals surface area contributed by atoms with E-state index in [9.17, 15) is 0 Å². The Balaban J connectivity index is 1.45. The van der Waals surface area contributed by atoms with Crippen molar-refractivity contribution < 1.29 is 0 Å². The topological polar surface area (TPSA) is 95.8 Å². The van der Waals surface area contributed by atoms with E-state index in [2.05, 4.69) is 31.0 Å². The smallest absolute Gasteiger partial charge is 0.137 e. The molecule has 1 aliphatic heterocycles. The largest absolute Gasteiger partial charge is 0.366 e. The van der Waals surface area contributed by atoms with Crippen LogP contribution in [0, 0.1) is 0 Å². The van der Waals surface area contributed by atoms with Gasteiger partial charge in [-0.15, -0.1) is 5.10 Å². The second-order valence-electron chi connectivity index (χ2n) is 6.75. The number of hydrogen-bond donors (Lipinski definition) is 3. The van der Waals surface area contributed by atoms with Crippen LogP contribution in [0.3, 0.4) is 0 Å². The summed E-state index contributed by atoms with van der Waals surface area (Å²) >= 11 is 0. The number of hydrogen-bond acceptors (Lipinski definition) is 6. The lowest BCUT2D eigenvalue weighted by Gasteiger charge is -2.24. The fourth-order valence-corrected chi connectivity index (χ4v) is 3.52. The van der Waals surface area contributed by atoms with Crippen LogP contribution in [0.5, 0.6) is 0 Å². The van der Waals surface area contributed by atoms with Crippen molar-refractivity contribution in [2.24, 2.45) is 0 Å². The summed E-state index contributed by atoms with van der Waals surface area (Å²) in [5.41, 5.74) is 4.58. The normalized spacial score (nSPS) is 17.3. The van der Waals surface area contributed by atoms with Crippen molar-refractivity contribution in [1.82, 2.24) is 35.1 Å². The van der Waals surface area contributed by atoms with Crippen LogP contribution in [0.25, 0.3) is 28.3 Å². The predicted molar refractivity (Wildman–Crippen MR) is 103 cm³/mol. The maximum atomic E-state index is 4.81. The minimum absolute atomic E-state index is 0.425. The van der Waals surface area contributed by atoms with Crippen molar-refractivity contribution in [2.75, 3.05) is 18.4 Å². The van der Waals surface area contributed by atoms with E-state index in [1.54, 1.807) is 6.20 Å². The first-order valence-corrected chi connectivity index (χ1v) is 9.15. The molecule has 5 rings (SSSR count). The molecule has 0 unspecified atom stereocenters. The molecule has 136 valence electrons. The summed E-state index contributed by atoms with van der Waals surface area (Å²) in [5.74, 6) is 0.899. The van der Waals surface area contributed by atoms with E-state index in [1.165, 1.54) is 12.8 Å². The van der Waals surface area contributed by atoms with Gasteiger partial charge < -0.3 is 10.6 Å². The van der Waals surface area contributed by atoms with Gasteiger partial charge in [0.25, 0.3) is 0 Å². The Bertz CT molecular complexity index is 1050. The molecule has 0 aliphatic carbocycles. The van der Waals surface area contributed by atoms with E-state index in [0.29, 0.717) is 6.04 Å². The number of imidazole rings is 1. The third kappa shape index (κ3) is 3.15. The number of rotatable bonds is 4. The van der Waals surface area contributed by atoms with Crippen LogP contribution >= 0.6 is 0 Å². The molecule has 1 fully saturated rings. The summed E-state index contributed by atoms with van der Waals surface area (Å²) < 4.78 is 2.04. The van der Waals surface area contributed by atoms with Gasteiger partial charge in [0, 0.05) is 24.3 Å². The van der Waals surface area contributed by atoms with Gasteiger partial charge in [0.2, 0.25) is 0 Å². The zero-order valence-electron chi connectivity index (χ0n) is 14.8. The minimum atomic E-state index is 0.425. The Morgan fingerprint density at radius 1 is 1.19 bits per heavy atom. The Morgan fingerprint density at radius 2 is 2.19 bits per heavy atom. The Labute approximate surface area is 156 Å². The van der Waals surface area contributed by atoms with Crippen molar-refractivity contribution in [2.45, 2.75) is 18.9 Å². The second-order valence-corrected chi connectivity index (χ2v) is 6.75. The molecule has 0 amide bonds. The zero-order chi connectivity index (χ0) is 18.1. The van der Waals surface area contributed by atoms with Crippen molar-refractivity contribution in [1.29, 1.82) is 0 Å². The fraction of sp³-hybridized carbons (Fsp3) is 0.263. The highest BCUT2D eigenvalue weighted by atomic mass is 15.3. The molecule has 1 atom stereocenters. The number of pyridine rings is 2. The molecule has 0 spiro atoms. The van der Waals surface area contributed by atoms with Crippen molar-refractivity contribution >= 4 is 11.5 Å². The Morgan fingerprint density at radius 3 is 3.04 bits per heavy atom. The standard InChI is InChI=1S/C19H20N8/c1-4-15(24-18(5-1)23-14-3-2-7-20-10-14)17-12-21-19-9-13(6-8-27(17)19)16-11-22-26-25-16/h1,4-6,8-9,11-12,14,20H,2-3,7,10H2,(H,23,24)(H,22,25,26)/t14-/m0/s1. The van der Waals surface area contributed by atoms with Crippen LogP contribution in [0.4, 0.5) is 5.82 Å². The van der Waals surface area contributed by atoms with Gasteiger partial charge in [-0.2, -0.15) is 0 Å². The predicted octanol–water partition coefficient (Wildman–Crippen LogP) is 2.35. The van der Waals surface area contributed by atoms with Gasteiger partial charge in [-0.25, -0.2) is 9.97 Å². The Kier molecular flexibility index (Phi) is 4.02. The quantitative estimate of drug-likeness (QED) is 0.517. The molecule has 4 aromatic heterocycles. The summed E-state index contributed by atoms with van der Waals surface area (Å²) in [4.78, 5) is 9.35. The lowest BCUT2D eigenvalue weighted by atomic mass is 10.1. The van der Waals surface area contributed by atoms with Gasteiger partial charge in [-0.3, -0.25) is 9.50 Å². The summed E-state index contributed by atoms with van der Waals surface area (Å²) in [6.07, 6.45) is 7.92. The molecule has 8 heteroatoms. The molecule has 3 N–H and O–H groups in total. The van der Waals surface area contributed by atoms with Crippen molar-refractivity contribution in [3.63, 3.8) is 0 Å². The molecule has 0 radical (unpaired) electrons. The number of fused-ring (bicyclic) bond motifs is 1. The van der Waals surface area contributed by atoms with Crippen molar-refractivity contribution in [3.05, 3.63) is 48.9 Å². The second kappa shape index (κ2) is 6.81. The highest BCUT2D eigenvalue weighted by Gasteiger charge is 2.14. The monoisotopic (exact) mass is 360 g/mol. The maximum absolute atomic E-state index is 4.81. The van der Waals surface area contributed by atoms with Gasteiger partial charge in [0.1, 0.15) is 11.5 Å². The van der Waals surface area contributed by atoms with Gasteiger partial charge in [-0.1, -0.05) is 11.3 Å². The van der Waals surface area contributed by atoms with Gasteiger partial charge in [-0.05, 0) is 43.7 Å². The summed E-state index contributed by atoms with van der Waals surface area (Å²) in [6.45, 7) is 2.08. The van der Waals surface area contributed by atoms with Crippen LogP contribution in [0.2, 0.25) is 0 Å². The molecule has 0 bridgehead atoms. The number of aromatic amines is 1. The Hall–Kier alpha value is -3.26. The maximum Gasteiger partial charge on any atom is 0.137 e. The fourth-order valence-electron chi connectivity index (χ4n) is 3.52. The average molecular weight is 360 g/mol. The number of H-pyrrole nitrogens is 1.